The summed E-state index contributed by atoms with van der Waals surface area (Å²) in [6.45, 7) is 3.51. The fraction of sp³-hybridized carbons (Fsp3) is 0.132. The van der Waals surface area contributed by atoms with E-state index in [0.717, 1.165) is 44.9 Å². The molecule has 46 heavy (non-hydrogen) atoms. The summed E-state index contributed by atoms with van der Waals surface area (Å²) in [7, 11) is 0. The maximum atomic E-state index is 14.5. The van der Waals surface area contributed by atoms with Gasteiger partial charge < -0.3 is 9.84 Å². The predicted molar refractivity (Wildman–Crippen MR) is 175 cm³/mol. The van der Waals surface area contributed by atoms with Crippen molar-refractivity contribution in [1.82, 2.24) is 0 Å². The van der Waals surface area contributed by atoms with Crippen molar-refractivity contribution in [1.29, 1.82) is 0 Å². The highest BCUT2D eigenvalue weighted by Crippen LogP contribution is 2.36. The van der Waals surface area contributed by atoms with E-state index in [0.29, 0.717) is 40.2 Å². The lowest BCUT2D eigenvalue weighted by Crippen LogP contribution is -2.10. The molecule has 0 aliphatic carbocycles. The lowest BCUT2D eigenvalue weighted by molar-refractivity contribution is -0.139. The number of hydrogen-bond donors (Lipinski definition) is 1. The molecule has 5 rings (SSSR count). The van der Waals surface area contributed by atoms with Gasteiger partial charge in [0.1, 0.15) is 29.0 Å². The monoisotopic (exact) mass is 642 g/mol. The minimum atomic E-state index is -1.05. The molecule has 0 radical (unpaired) electrons. The smallest absolute Gasteiger partial charge is 0.341 e. The fourth-order valence-corrected chi connectivity index (χ4v) is 6.30. The topological polar surface area (TPSA) is 46.5 Å². The average Bonchev–Trinajstić information content (AvgIpc) is 3.03. The number of carboxylic acids is 1. The van der Waals surface area contributed by atoms with Crippen molar-refractivity contribution in [2.45, 2.75) is 25.2 Å². The van der Waals surface area contributed by atoms with Gasteiger partial charge in [-0.15, -0.1) is 11.8 Å². The molecule has 0 unspecified atom stereocenters. The first-order valence-corrected chi connectivity index (χ1v) is 15.5. The summed E-state index contributed by atoms with van der Waals surface area (Å²) >= 11 is 1.62. The van der Waals surface area contributed by atoms with Crippen molar-refractivity contribution in [3.8, 4) is 28.0 Å². The van der Waals surface area contributed by atoms with Crippen LogP contribution in [0.1, 0.15) is 30.0 Å². The molecule has 0 atom stereocenters. The molecule has 5 aromatic rings. The van der Waals surface area contributed by atoms with Crippen LogP contribution in [0.2, 0.25) is 0 Å². The zero-order valence-electron chi connectivity index (χ0n) is 25.1. The normalized spacial score (nSPS) is 10.9. The second kappa shape index (κ2) is 14.5. The van der Waals surface area contributed by atoms with Crippen LogP contribution in [0.3, 0.4) is 0 Å². The molecule has 0 aliphatic rings. The van der Waals surface area contributed by atoms with Crippen molar-refractivity contribution < 1.29 is 32.2 Å². The maximum absolute atomic E-state index is 14.5. The quantitative estimate of drug-likeness (QED) is 0.115. The second-order valence-corrected chi connectivity index (χ2v) is 11.7. The Balaban J connectivity index is 1.51. The third kappa shape index (κ3) is 7.69. The average molecular weight is 643 g/mol. The number of aryl methyl sites for hydroxylation is 1. The number of ether oxygens (including phenoxy) is 1. The van der Waals surface area contributed by atoms with Crippen LogP contribution in [0.5, 0.6) is 5.75 Å². The summed E-state index contributed by atoms with van der Waals surface area (Å²) in [5.41, 5.74) is 6.48. The summed E-state index contributed by atoms with van der Waals surface area (Å²) in [6.07, 6.45) is 0.712. The number of halogens is 4. The number of thioether (sulfide) groups is 1. The van der Waals surface area contributed by atoms with Gasteiger partial charge in [0, 0.05) is 33.9 Å². The summed E-state index contributed by atoms with van der Waals surface area (Å²) in [5, 5.41) is 8.93. The molecule has 234 valence electrons. The molecular weight excluding hydrogens is 612 g/mol. The molecule has 0 aromatic heterocycles. The number of rotatable bonds is 11. The Morgan fingerprint density at radius 2 is 1.24 bits per heavy atom. The van der Waals surface area contributed by atoms with E-state index in [2.05, 4.69) is 6.92 Å². The third-order valence-corrected chi connectivity index (χ3v) is 8.60. The molecule has 8 heteroatoms. The van der Waals surface area contributed by atoms with E-state index in [4.69, 9.17) is 9.84 Å². The van der Waals surface area contributed by atoms with Gasteiger partial charge in [0.2, 0.25) is 0 Å². The molecule has 0 saturated heterocycles. The Hall–Kier alpha value is -4.82. The lowest BCUT2D eigenvalue weighted by Gasteiger charge is -2.17. The molecule has 0 amide bonds. The van der Waals surface area contributed by atoms with Gasteiger partial charge >= 0.3 is 5.97 Å². The first-order chi connectivity index (χ1) is 22.1. The van der Waals surface area contributed by atoms with Crippen LogP contribution >= 0.6 is 11.8 Å². The Kier molecular flexibility index (Phi) is 10.3. The molecule has 0 fully saturated rings. The molecule has 0 heterocycles. The Morgan fingerprint density at radius 3 is 1.67 bits per heavy atom. The number of hydrogen-bond acceptors (Lipinski definition) is 3. The van der Waals surface area contributed by atoms with Crippen LogP contribution in [0, 0.1) is 30.2 Å². The first-order valence-electron chi connectivity index (χ1n) is 14.5. The zero-order chi connectivity index (χ0) is 32.8. The molecule has 0 aliphatic heterocycles. The van der Waals surface area contributed by atoms with Crippen LogP contribution < -0.4 is 4.74 Å². The number of benzene rings is 5. The first kappa shape index (κ1) is 32.6. The number of carbonyl (C=O) groups is 1. The molecular formula is C38H30F4O3S. The number of aliphatic carboxylic acids is 1. The van der Waals surface area contributed by atoms with Crippen LogP contribution in [0.25, 0.3) is 27.8 Å². The van der Waals surface area contributed by atoms with Crippen molar-refractivity contribution in [3.63, 3.8) is 0 Å². The SMILES string of the molecule is CCC(CSc1ccc(OCC(=O)O)c(C)c1)=C(c1ccc(-c2ccc(F)cc2F)cc1)c1ccc(-c2ccc(F)cc2F)cc1. The Bertz CT molecular complexity index is 1800. The standard InChI is InChI=1S/C38H30F4O3S/c1-3-24(22-46-31-14-17-36(23(2)18-31)45-21-37(43)44)38(27-8-4-25(5-9-27)32-15-12-29(39)19-34(32)41)28-10-6-26(7-11-28)33-16-13-30(40)20-35(33)42/h4-20H,3,21-22H2,1-2H3,(H,43,44). The van der Waals surface area contributed by atoms with Gasteiger partial charge in [0.15, 0.2) is 6.61 Å². The summed E-state index contributed by atoms with van der Waals surface area (Å²) in [6, 6.07) is 27.4. The largest absolute Gasteiger partial charge is 0.482 e. The molecule has 0 saturated carbocycles. The Labute approximate surface area is 269 Å². The molecule has 0 spiro atoms. The van der Waals surface area contributed by atoms with Crippen molar-refractivity contribution in [3.05, 3.63) is 149 Å². The molecule has 1 N–H and O–H groups in total. The highest BCUT2D eigenvalue weighted by molar-refractivity contribution is 7.99. The molecule has 5 aromatic carbocycles. The van der Waals surface area contributed by atoms with Gasteiger partial charge in [0.25, 0.3) is 0 Å². The van der Waals surface area contributed by atoms with Crippen molar-refractivity contribution >= 4 is 23.3 Å². The fourth-order valence-electron chi connectivity index (χ4n) is 5.19. The minimum Gasteiger partial charge on any atom is -0.482 e. The van der Waals surface area contributed by atoms with Gasteiger partial charge in [-0.1, -0.05) is 61.0 Å². The third-order valence-electron chi connectivity index (χ3n) is 7.52. The van der Waals surface area contributed by atoms with Gasteiger partial charge in [-0.25, -0.2) is 22.4 Å². The van der Waals surface area contributed by atoms with Gasteiger partial charge in [-0.2, -0.15) is 0 Å². The minimum absolute atomic E-state index is 0.293. The summed E-state index contributed by atoms with van der Waals surface area (Å²) in [5.74, 6) is -2.49. The highest BCUT2D eigenvalue weighted by Gasteiger charge is 2.15. The summed E-state index contributed by atoms with van der Waals surface area (Å²) in [4.78, 5) is 11.9. The second-order valence-electron chi connectivity index (χ2n) is 10.6. The zero-order valence-corrected chi connectivity index (χ0v) is 25.9. The van der Waals surface area contributed by atoms with E-state index in [1.165, 1.54) is 24.3 Å². The van der Waals surface area contributed by atoms with Crippen LogP contribution in [0.15, 0.2) is 114 Å². The summed E-state index contributed by atoms with van der Waals surface area (Å²) < 4.78 is 61.4. The highest BCUT2D eigenvalue weighted by atomic mass is 32.2. The van der Waals surface area contributed by atoms with Gasteiger partial charge in [-0.3, -0.25) is 0 Å². The Morgan fingerprint density at radius 1 is 0.717 bits per heavy atom. The van der Waals surface area contributed by atoms with E-state index in [-0.39, 0.29) is 0 Å². The maximum Gasteiger partial charge on any atom is 0.341 e. The van der Waals surface area contributed by atoms with Crippen LogP contribution in [-0.2, 0) is 4.79 Å². The number of carboxylic acid groups (broad SMARTS) is 1. The van der Waals surface area contributed by atoms with E-state index in [9.17, 15) is 22.4 Å². The van der Waals surface area contributed by atoms with Crippen molar-refractivity contribution in [2.75, 3.05) is 12.4 Å². The van der Waals surface area contributed by atoms with E-state index < -0.39 is 35.8 Å². The molecule has 3 nitrogen and oxygen atoms in total. The molecule has 0 bridgehead atoms. The van der Waals surface area contributed by atoms with Gasteiger partial charge in [-0.05, 0) is 89.2 Å². The van der Waals surface area contributed by atoms with Gasteiger partial charge in [0.05, 0.1) is 0 Å². The van der Waals surface area contributed by atoms with E-state index in [1.54, 1.807) is 42.1 Å². The van der Waals surface area contributed by atoms with Crippen LogP contribution in [0.4, 0.5) is 17.6 Å². The van der Waals surface area contributed by atoms with Crippen molar-refractivity contribution in [2.24, 2.45) is 0 Å². The predicted octanol–water partition coefficient (Wildman–Crippen LogP) is 10.4. The lowest BCUT2D eigenvalue weighted by atomic mass is 9.90. The van der Waals surface area contributed by atoms with E-state index in [1.807, 2.05) is 43.3 Å². The van der Waals surface area contributed by atoms with Crippen LogP contribution in [-0.4, -0.2) is 23.4 Å². The van der Waals surface area contributed by atoms with E-state index >= 15 is 0 Å².